The van der Waals surface area contributed by atoms with E-state index in [1.54, 1.807) is 11.8 Å². The second kappa shape index (κ2) is 10.4. The van der Waals surface area contributed by atoms with Crippen molar-refractivity contribution in [2.75, 3.05) is 13.1 Å². The average molecular weight is 475 g/mol. The Hall–Kier alpha value is -2.53. The molecular formula is C29H34N2O2S. The molecule has 34 heavy (non-hydrogen) atoms. The molecule has 0 radical (unpaired) electrons. The van der Waals surface area contributed by atoms with Gasteiger partial charge in [0, 0.05) is 36.8 Å². The van der Waals surface area contributed by atoms with E-state index in [1.807, 2.05) is 36.4 Å². The molecule has 0 spiro atoms. The summed E-state index contributed by atoms with van der Waals surface area (Å²) in [6.45, 7) is 4.48. The molecule has 5 heteroatoms. The van der Waals surface area contributed by atoms with Crippen LogP contribution in [0.2, 0.25) is 0 Å². The van der Waals surface area contributed by atoms with Gasteiger partial charge in [-0.25, -0.2) is 0 Å². The predicted octanol–water partition coefficient (Wildman–Crippen LogP) is 5.66. The molecule has 1 saturated carbocycles. The first-order chi connectivity index (χ1) is 16.6. The van der Waals surface area contributed by atoms with E-state index in [-0.39, 0.29) is 17.9 Å². The van der Waals surface area contributed by atoms with Crippen LogP contribution in [0.3, 0.4) is 0 Å². The predicted molar refractivity (Wildman–Crippen MR) is 139 cm³/mol. The van der Waals surface area contributed by atoms with E-state index >= 15 is 0 Å². The van der Waals surface area contributed by atoms with E-state index in [4.69, 9.17) is 0 Å². The monoisotopic (exact) mass is 474 g/mol. The zero-order chi connectivity index (χ0) is 23.5. The first-order valence-electron chi connectivity index (χ1n) is 12.7. The van der Waals surface area contributed by atoms with Crippen LogP contribution in [0.25, 0.3) is 6.08 Å². The third-order valence-electron chi connectivity index (χ3n) is 7.45. The lowest BCUT2D eigenvalue weighted by Gasteiger charge is -2.46. The number of nitrogens with zero attached hydrogens (tertiary/aromatic N) is 2. The van der Waals surface area contributed by atoms with Crippen LogP contribution in [0.1, 0.15) is 55.2 Å². The van der Waals surface area contributed by atoms with Gasteiger partial charge in [-0.2, -0.15) is 0 Å². The zero-order valence-electron chi connectivity index (χ0n) is 20.0. The maximum absolute atomic E-state index is 13.8. The Bertz CT molecular complexity index is 1060. The minimum Gasteiger partial charge on any atom is -0.342 e. The molecule has 3 fully saturated rings. The molecule has 2 heterocycles. The maximum atomic E-state index is 13.8. The minimum atomic E-state index is 0.0346. The fourth-order valence-corrected chi connectivity index (χ4v) is 7.10. The Morgan fingerprint density at radius 2 is 1.82 bits per heavy atom. The summed E-state index contributed by atoms with van der Waals surface area (Å²) in [5.41, 5.74) is 3.42. The van der Waals surface area contributed by atoms with Gasteiger partial charge in [0.05, 0.1) is 4.91 Å². The van der Waals surface area contributed by atoms with E-state index < -0.39 is 0 Å². The summed E-state index contributed by atoms with van der Waals surface area (Å²) in [5, 5.41) is 0.336. The molecule has 2 saturated heterocycles. The quantitative estimate of drug-likeness (QED) is 0.537. The molecule has 2 aromatic carbocycles. The number of thioether (sulfide) groups is 1. The van der Waals surface area contributed by atoms with Crippen molar-refractivity contribution in [2.45, 2.75) is 63.3 Å². The number of hydrogen-bond donors (Lipinski definition) is 0. The molecule has 5 rings (SSSR count). The second-order valence-corrected chi connectivity index (χ2v) is 11.2. The SMILES string of the molecule is Cc1cccc(CN2C(=O)/C(=C/c3ccccc3)SC3CCC(C(=O)N4CCCCC4)CC32)c1. The lowest BCUT2D eigenvalue weighted by molar-refractivity contribution is -0.140. The third-order valence-corrected chi connectivity index (χ3v) is 8.85. The number of amides is 2. The van der Waals surface area contributed by atoms with Gasteiger partial charge in [-0.1, -0.05) is 60.2 Å². The van der Waals surface area contributed by atoms with Crippen molar-refractivity contribution in [2.24, 2.45) is 5.92 Å². The molecule has 3 atom stereocenters. The van der Waals surface area contributed by atoms with Gasteiger partial charge < -0.3 is 9.80 Å². The summed E-state index contributed by atoms with van der Waals surface area (Å²) >= 11 is 1.73. The molecule has 0 aromatic heterocycles. The van der Waals surface area contributed by atoms with E-state index in [9.17, 15) is 9.59 Å². The van der Waals surface area contributed by atoms with E-state index in [0.717, 1.165) is 61.2 Å². The number of carbonyl (C=O) groups excluding carboxylic acids is 2. The summed E-state index contributed by atoms with van der Waals surface area (Å²) < 4.78 is 0. The standard InChI is InChI=1S/C29H34N2O2S/c1-21-9-8-12-23(17-21)20-31-25-19-24(28(32)30-15-6-3-7-16-30)13-14-26(25)34-27(29(31)33)18-22-10-4-2-5-11-22/h2,4-5,8-12,17-18,24-26H,3,6-7,13-16,19-20H2,1H3/b27-18-. The molecule has 4 nitrogen and oxygen atoms in total. The highest BCUT2D eigenvalue weighted by Gasteiger charge is 2.45. The van der Waals surface area contributed by atoms with Crippen molar-refractivity contribution >= 4 is 29.7 Å². The number of hydrogen-bond acceptors (Lipinski definition) is 3. The van der Waals surface area contributed by atoms with Crippen LogP contribution in [0.5, 0.6) is 0 Å². The number of benzene rings is 2. The lowest BCUT2D eigenvalue weighted by atomic mass is 9.82. The number of aryl methyl sites for hydroxylation is 1. The van der Waals surface area contributed by atoms with Crippen LogP contribution in [0.15, 0.2) is 59.5 Å². The highest BCUT2D eigenvalue weighted by molar-refractivity contribution is 8.04. The topological polar surface area (TPSA) is 40.6 Å². The number of rotatable bonds is 4. The zero-order valence-corrected chi connectivity index (χ0v) is 20.8. The second-order valence-electron chi connectivity index (χ2n) is 9.96. The summed E-state index contributed by atoms with van der Waals surface area (Å²) in [4.78, 5) is 32.1. The molecular weight excluding hydrogens is 440 g/mol. The van der Waals surface area contributed by atoms with Gasteiger partial charge in [-0.15, -0.1) is 11.8 Å². The molecule has 0 N–H and O–H groups in total. The van der Waals surface area contributed by atoms with E-state index in [0.29, 0.717) is 17.7 Å². The van der Waals surface area contributed by atoms with Crippen LogP contribution in [-0.4, -0.2) is 46.0 Å². The molecule has 178 valence electrons. The van der Waals surface area contributed by atoms with Gasteiger partial charge in [0.15, 0.2) is 0 Å². The van der Waals surface area contributed by atoms with Crippen molar-refractivity contribution in [1.82, 2.24) is 9.80 Å². The molecule has 2 aliphatic heterocycles. The van der Waals surface area contributed by atoms with Crippen molar-refractivity contribution in [1.29, 1.82) is 0 Å². The summed E-state index contributed by atoms with van der Waals surface area (Å²) in [6.07, 6.45) is 8.18. The van der Waals surface area contributed by atoms with Crippen LogP contribution in [-0.2, 0) is 16.1 Å². The van der Waals surface area contributed by atoms with Crippen molar-refractivity contribution in [3.63, 3.8) is 0 Å². The maximum Gasteiger partial charge on any atom is 0.260 e. The average Bonchev–Trinajstić information content (AvgIpc) is 2.87. The van der Waals surface area contributed by atoms with Gasteiger partial charge in [0.25, 0.3) is 5.91 Å². The number of fused-ring (bicyclic) bond motifs is 1. The lowest BCUT2D eigenvalue weighted by Crippen LogP contribution is -2.54. The Morgan fingerprint density at radius 1 is 1.03 bits per heavy atom. The number of likely N-dealkylation sites (tertiary alicyclic amines) is 1. The van der Waals surface area contributed by atoms with Gasteiger partial charge in [-0.05, 0) is 62.7 Å². The highest BCUT2D eigenvalue weighted by atomic mass is 32.2. The number of piperidine rings is 1. The fraction of sp³-hybridized carbons (Fsp3) is 0.448. The smallest absolute Gasteiger partial charge is 0.260 e. The van der Waals surface area contributed by atoms with Gasteiger partial charge in [0.2, 0.25) is 5.91 Å². The Morgan fingerprint density at radius 3 is 2.59 bits per heavy atom. The summed E-state index contributed by atoms with van der Waals surface area (Å²) in [7, 11) is 0. The Labute approximate surface area is 207 Å². The van der Waals surface area contributed by atoms with Crippen LogP contribution >= 0.6 is 11.8 Å². The molecule has 2 amide bonds. The highest BCUT2D eigenvalue weighted by Crippen LogP contribution is 2.44. The molecule has 1 aliphatic carbocycles. The fourth-order valence-electron chi connectivity index (χ4n) is 5.68. The van der Waals surface area contributed by atoms with Crippen molar-refractivity contribution in [3.8, 4) is 0 Å². The van der Waals surface area contributed by atoms with Gasteiger partial charge in [0.1, 0.15) is 0 Å². The Kier molecular flexibility index (Phi) is 7.10. The molecule has 0 bridgehead atoms. The van der Waals surface area contributed by atoms with E-state index in [2.05, 4.69) is 41.0 Å². The third kappa shape index (κ3) is 5.10. The Balaban J connectivity index is 1.41. The molecule has 3 aliphatic rings. The van der Waals surface area contributed by atoms with Crippen LogP contribution in [0.4, 0.5) is 0 Å². The first-order valence-corrected chi connectivity index (χ1v) is 13.5. The number of carbonyl (C=O) groups is 2. The molecule has 2 aromatic rings. The molecule has 3 unspecified atom stereocenters. The summed E-state index contributed by atoms with van der Waals surface area (Å²) in [6, 6.07) is 18.6. The first kappa shape index (κ1) is 23.2. The van der Waals surface area contributed by atoms with Crippen LogP contribution < -0.4 is 0 Å². The van der Waals surface area contributed by atoms with Crippen LogP contribution in [0, 0.1) is 12.8 Å². The van der Waals surface area contributed by atoms with Gasteiger partial charge >= 0.3 is 0 Å². The normalized spacial score (nSPS) is 26.4. The minimum absolute atomic E-state index is 0.0346. The largest absolute Gasteiger partial charge is 0.342 e. The van der Waals surface area contributed by atoms with Crippen molar-refractivity contribution < 1.29 is 9.59 Å². The summed E-state index contributed by atoms with van der Waals surface area (Å²) in [5.74, 6) is 0.451. The van der Waals surface area contributed by atoms with Gasteiger partial charge in [-0.3, -0.25) is 9.59 Å². The van der Waals surface area contributed by atoms with Crippen molar-refractivity contribution in [3.05, 3.63) is 76.2 Å². The van der Waals surface area contributed by atoms with E-state index in [1.165, 1.54) is 12.0 Å².